The van der Waals surface area contributed by atoms with Crippen LogP contribution >= 0.6 is 12.4 Å². The molecule has 0 spiro atoms. The molecule has 1 heterocycles. The van der Waals surface area contributed by atoms with E-state index in [0.717, 1.165) is 44.7 Å². The summed E-state index contributed by atoms with van der Waals surface area (Å²) in [5, 5.41) is 3.64. The number of rotatable bonds is 8. The van der Waals surface area contributed by atoms with Crippen LogP contribution in [0.25, 0.3) is 0 Å². The van der Waals surface area contributed by atoms with Crippen LogP contribution in [0.15, 0.2) is 54.6 Å². The van der Waals surface area contributed by atoms with E-state index in [2.05, 4.69) is 61.6 Å². The molecule has 28 heavy (non-hydrogen) atoms. The highest BCUT2D eigenvalue weighted by atomic mass is 35.5. The SMILES string of the molecule is COc1ccc(CNCCC2(c3ccccc3)CCOC(C(C)C)C2)cc1.Cl. The lowest BCUT2D eigenvalue weighted by molar-refractivity contribution is -0.0469. The quantitative estimate of drug-likeness (QED) is 0.601. The molecule has 1 N–H and O–H groups in total. The maximum absolute atomic E-state index is 6.08. The number of ether oxygens (including phenoxy) is 2. The van der Waals surface area contributed by atoms with E-state index < -0.39 is 0 Å². The van der Waals surface area contributed by atoms with Gasteiger partial charge in [-0.2, -0.15) is 0 Å². The second-order valence-corrected chi connectivity index (χ2v) is 8.03. The number of methoxy groups -OCH3 is 1. The summed E-state index contributed by atoms with van der Waals surface area (Å²) >= 11 is 0. The average molecular weight is 404 g/mol. The van der Waals surface area contributed by atoms with Gasteiger partial charge in [-0.05, 0) is 55.0 Å². The summed E-state index contributed by atoms with van der Waals surface area (Å²) < 4.78 is 11.3. The van der Waals surface area contributed by atoms with Crippen LogP contribution in [0, 0.1) is 5.92 Å². The fourth-order valence-electron chi connectivity index (χ4n) is 4.11. The van der Waals surface area contributed by atoms with Crippen LogP contribution in [-0.4, -0.2) is 26.4 Å². The van der Waals surface area contributed by atoms with E-state index in [1.807, 2.05) is 12.1 Å². The Hall–Kier alpha value is -1.55. The monoisotopic (exact) mass is 403 g/mol. The van der Waals surface area contributed by atoms with Gasteiger partial charge in [-0.3, -0.25) is 0 Å². The van der Waals surface area contributed by atoms with Gasteiger partial charge in [0.05, 0.1) is 13.2 Å². The average Bonchev–Trinajstić information content (AvgIpc) is 2.72. The predicted octanol–water partition coefficient (Wildman–Crippen LogP) is 5.37. The molecular weight excluding hydrogens is 370 g/mol. The molecule has 0 amide bonds. The van der Waals surface area contributed by atoms with Crippen LogP contribution in [0.5, 0.6) is 5.75 Å². The standard InChI is InChI=1S/C24H33NO2.ClH/c1-19(2)23-17-24(14-16-27-23,21-7-5-4-6-8-21)13-15-25-18-20-9-11-22(26-3)12-10-20;/h4-12,19,23,25H,13-18H2,1-3H3;1H. The van der Waals surface area contributed by atoms with Gasteiger partial charge < -0.3 is 14.8 Å². The van der Waals surface area contributed by atoms with Crippen LogP contribution in [0.1, 0.15) is 44.2 Å². The molecule has 0 saturated carbocycles. The van der Waals surface area contributed by atoms with E-state index >= 15 is 0 Å². The summed E-state index contributed by atoms with van der Waals surface area (Å²) in [6.45, 7) is 7.29. The van der Waals surface area contributed by atoms with Crippen molar-refractivity contribution in [1.29, 1.82) is 0 Å². The molecule has 1 aliphatic rings. The Bertz CT molecular complexity index is 690. The van der Waals surface area contributed by atoms with Crippen molar-refractivity contribution in [3.8, 4) is 5.75 Å². The highest BCUT2D eigenvalue weighted by Gasteiger charge is 2.38. The molecule has 1 fully saturated rings. The van der Waals surface area contributed by atoms with Crippen molar-refractivity contribution in [1.82, 2.24) is 5.32 Å². The molecule has 0 aromatic heterocycles. The third-order valence-corrected chi connectivity index (χ3v) is 5.90. The zero-order chi connectivity index (χ0) is 19.1. The molecule has 2 aromatic rings. The molecule has 3 rings (SSSR count). The predicted molar refractivity (Wildman–Crippen MR) is 118 cm³/mol. The second kappa shape index (κ2) is 10.8. The summed E-state index contributed by atoms with van der Waals surface area (Å²) in [5.74, 6) is 1.46. The fraction of sp³-hybridized carbons (Fsp3) is 0.500. The van der Waals surface area contributed by atoms with Crippen molar-refractivity contribution in [3.63, 3.8) is 0 Å². The number of nitrogens with one attached hydrogen (secondary N) is 1. The molecule has 4 heteroatoms. The Labute approximate surface area is 176 Å². The maximum Gasteiger partial charge on any atom is 0.118 e. The number of hydrogen-bond acceptors (Lipinski definition) is 3. The molecular formula is C24H34ClNO2. The van der Waals surface area contributed by atoms with Gasteiger partial charge in [0.2, 0.25) is 0 Å². The number of benzene rings is 2. The first-order valence-corrected chi connectivity index (χ1v) is 10.1. The van der Waals surface area contributed by atoms with Crippen molar-refractivity contribution in [2.24, 2.45) is 5.92 Å². The van der Waals surface area contributed by atoms with Crippen molar-refractivity contribution in [2.75, 3.05) is 20.3 Å². The molecule has 2 atom stereocenters. The summed E-state index contributed by atoms with van der Waals surface area (Å²) in [4.78, 5) is 0. The van der Waals surface area contributed by atoms with Crippen LogP contribution in [-0.2, 0) is 16.7 Å². The molecule has 154 valence electrons. The largest absolute Gasteiger partial charge is 0.497 e. The Balaban J connectivity index is 0.00000280. The summed E-state index contributed by atoms with van der Waals surface area (Å²) in [5.41, 5.74) is 2.96. The van der Waals surface area contributed by atoms with Crippen LogP contribution in [0.3, 0.4) is 0 Å². The van der Waals surface area contributed by atoms with Crippen LogP contribution in [0.2, 0.25) is 0 Å². The minimum atomic E-state index is 0. The Morgan fingerprint density at radius 2 is 1.82 bits per heavy atom. The van der Waals surface area contributed by atoms with Crippen molar-refractivity contribution in [3.05, 3.63) is 65.7 Å². The van der Waals surface area contributed by atoms with Gasteiger partial charge >= 0.3 is 0 Å². The maximum atomic E-state index is 6.08. The lowest BCUT2D eigenvalue weighted by Crippen LogP contribution is -2.42. The normalized spacial score (nSPS) is 21.9. The molecule has 2 unspecified atom stereocenters. The zero-order valence-corrected chi connectivity index (χ0v) is 18.1. The molecule has 2 aromatic carbocycles. The van der Waals surface area contributed by atoms with Crippen LogP contribution in [0.4, 0.5) is 0 Å². The first-order valence-electron chi connectivity index (χ1n) is 10.1. The van der Waals surface area contributed by atoms with Gasteiger partial charge in [-0.1, -0.05) is 56.3 Å². The summed E-state index contributed by atoms with van der Waals surface area (Å²) in [7, 11) is 1.70. The number of hydrogen-bond donors (Lipinski definition) is 1. The molecule has 1 aliphatic heterocycles. The summed E-state index contributed by atoms with van der Waals surface area (Å²) in [6.07, 6.45) is 3.70. The molecule has 0 radical (unpaired) electrons. The van der Waals surface area contributed by atoms with E-state index in [4.69, 9.17) is 9.47 Å². The first-order chi connectivity index (χ1) is 13.1. The summed E-state index contributed by atoms with van der Waals surface area (Å²) in [6, 6.07) is 19.3. The van der Waals surface area contributed by atoms with Gasteiger partial charge in [-0.25, -0.2) is 0 Å². The number of halogens is 1. The highest BCUT2D eigenvalue weighted by molar-refractivity contribution is 5.85. The topological polar surface area (TPSA) is 30.5 Å². The second-order valence-electron chi connectivity index (χ2n) is 8.03. The zero-order valence-electron chi connectivity index (χ0n) is 17.3. The van der Waals surface area contributed by atoms with Gasteiger partial charge in [0.25, 0.3) is 0 Å². The molecule has 0 bridgehead atoms. The van der Waals surface area contributed by atoms with Crippen LogP contribution < -0.4 is 10.1 Å². The third kappa shape index (κ3) is 5.73. The molecule has 1 saturated heterocycles. The van der Waals surface area contributed by atoms with E-state index in [0.29, 0.717) is 12.0 Å². The Morgan fingerprint density at radius 1 is 1.11 bits per heavy atom. The van der Waals surface area contributed by atoms with E-state index in [-0.39, 0.29) is 17.8 Å². The first kappa shape index (κ1) is 22.7. The molecule has 3 nitrogen and oxygen atoms in total. The van der Waals surface area contributed by atoms with E-state index in [1.165, 1.54) is 11.1 Å². The van der Waals surface area contributed by atoms with E-state index in [1.54, 1.807) is 7.11 Å². The minimum absolute atomic E-state index is 0. The Kier molecular flexibility index (Phi) is 8.81. The fourth-order valence-corrected chi connectivity index (χ4v) is 4.11. The third-order valence-electron chi connectivity index (χ3n) is 5.90. The van der Waals surface area contributed by atoms with Crippen molar-refractivity contribution >= 4 is 12.4 Å². The van der Waals surface area contributed by atoms with Gasteiger partial charge in [0, 0.05) is 18.6 Å². The van der Waals surface area contributed by atoms with Gasteiger partial charge in [-0.15, -0.1) is 12.4 Å². The highest BCUT2D eigenvalue weighted by Crippen LogP contribution is 2.41. The van der Waals surface area contributed by atoms with Gasteiger partial charge in [0.15, 0.2) is 0 Å². The molecule has 0 aliphatic carbocycles. The van der Waals surface area contributed by atoms with Crippen molar-refractivity contribution in [2.45, 2.75) is 51.2 Å². The lowest BCUT2D eigenvalue weighted by Gasteiger charge is -2.43. The smallest absolute Gasteiger partial charge is 0.118 e. The van der Waals surface area contributed by atoms with Gasteiger partial charge in [0.1, 0.15) is 5.75 Å². The van der Waals surface area contributed by atoms with Crippen molar-refractivity contribution < 1.29 is 9.47 Å². The lowest BCUT2D eigenvalue weighted by atomic mass is 9.68. The Morgan fingerprint density at radius 3 is 2.46 bits per heavy atom. The minimum Gasteiger partial charge on any atom is -0.497 e. The van der Waals surface area contributed by atoms with E-state index in [9.17, 15) is 0 Å².